The van der Waals surface area contributed by atoms with Gasteiger partial charge in [-0.25, -0.2) is 4.39 Å². The predicted octanol–water partition coefficient (Wildman–Crippen LogP) is 2.87. The molecule has 0 spiro atoms. The molecule has 0 saturated heterocycles. The Bertz CT molecular complexity index is 625. The second-order valence-corrected chi connectivity index (χ2v) is 4.69. The predicted molar refractivity (Wildman–Crippen MR) is 83.1 cm³/mol. The van der Waals surface area contributed by atoms with Gasteiger partial charge < -0.3 is 10.2 Å². The van der Waals surface area contributed by atoms with Gasteiger partial charge >= 0.3 is 0 Å². The van der Waals surface area contributed by atoms with E-state index in [1.165, 1.54) is 6.07 Å². The summed E-state index contributed by atoms with van der Waals surface area (Å²) < 4.78 is 14.1. The fourth-order valence-corrected chi connectivity index (χ4v) is 2.06. The van der Waals surface area contributed by atoms with Crippen LogP contribution in [0, 0.1) is 12.7 Å². The van der Waals surface area contributed by atoms with Crippen LogP contribution >= 0.6 is 0 Å². The Morgan fingerprint density at radius 2 is 1.86 bits per heavy atom. The summed E-state index contributed by atoms with van der Waals surface area (Å²) in [7, 11) is 1.73. The van der Waals surface area contributed by atoms with E-state index < -0.39 is 0 Å². The van der Waals surface area contributed by atoms with Crippen LogP contribution in [-0.4, -0.2) is 35.1 Å². The highest BCUT2D eigenvalue weighted by atomic mass is 19.1. The number of aryl methyl sites for hydroxylation is 1. The molecule has 0 bridgehead atoms. The number of nitrogens with one attached hydrogen (secondary N) is 1. The minimum atomic E-state index is -0.334. The molecule has 0 amide bonds. The first-order valence-electron chi connectivity index (χ1n) is 7.04. The van der Waals surface area contributed by atoms with Gasteiger partial charge in [0.25, 0.3) is 0 Å². The number of nitrogens with zero attached hydrogens (tertiary/aromatic N) is 4. The zero-order valence-corrected chi connectivity index (χ0v) is 12.8. The summed E-state index contributed by atoms with van der Waals surface area (Å²) >= 11 is 0. The molecule has 0 aliphatic carbocycles. The Morgan fingerprint density at radius 3 is 2.48 bits per heavy atom. The number of halogens is 1. The average molecular weight is 289 g/mol. The Balaban J connectivity index is 2.57. The van der Waals surface area contributed by atoms with Gasteiger partial charge in [-0.1, -0.05) is 11.6 Å². The van der Waals surface area contributed by atoms with Gasteiger partial charge in [-0.05, 0) is 32.9 Å². The standard InChI is InChI=1S/C15H20FN5/c1-5-21(6-2)15-19-13(18-14(17-4)20-15)11-9-10(3)7-8-12(11)16/h7-9H,5-6H2,1-4H3,(H,17,18,19,20). The summed E-state index contributed by atoms with van der Waals surface area (Å²) in [6, 6.07) is 4.91. The number of hydrogen-bond acceptors (Lipinski definition) is 5. The maximum Gasteiger partial charge on any atom is 0.230 e. The Morgan fingerprint density at radius 1 is 1.14 bits per heavy atom. The Kier molecular flexibility index (Phi) is 4.67. The van der Waals surface area contributed by atoms with Gasteiger partial charge in [0.2, 0.25) is 11.9 Å². The van der Waals surface area contributed by atoms with Gasteiger partial charge in [0.15, 0.2) is 5.82 Å². The van der Waals surface area contributed by atoms with Gasteiger partial charge in [-0.15, -0.1) is 0 Å². The van der Waals surface area contributed by atoms with E-state index in [2.05, 4.69) is 20.3 Å². The lowest BCUT2D eigenvalue weighted by Gasteiger charge is -2.19. The molecule has 0 fully saturated rings. The third-order valence-electron chi connectivity index (χ3n) is 3.26. The van der Waals surface area contributed by atoms with Crippen molar-refractivity contribution in [2.24, 2.45) is 0 Å². The number of benzene rings is 1. The van der Waals surface area contributed by atoms with Crippen molar-refractivity contribution < 1.29 is 4.39 Å². The van der Waals surface area contributed by atoms with Crippen molar-refractivity contribution in [3.8, 4) is 11.4 Å². The summed E-state index contributed by atoms with van der Waals surface area (Å²) in [6.45, 7) is 7.52. The van der Waals surface area contributed by atoms with E-state index in [-0.39, 0.29) is 5.82 Å². The van der Waals surface area contributed by atoms with Gasteiger partial charge in [-0.3, -0.25) is 0 Å². The molecule has 0 saturated carbocycles. The molecule has 5 nitrogen and oxygen atoms in total. The first kappa shape index (κ1) is 15.2. The lowest BCUT2D eigenvalue weighted by molar-refractivity contribution is 0.629. The highest BCUT2D eigenvalue weighted by Gasteiger charge is 2.14. The van der Waals surface area contributed by atoms with Crippen molar-refractivity contribution >= 4 is 11.9 Å². The van der Waals surface area contributed by atoms with Crippen LogP contribution in [0.1, 0.15) is 19.4 Å². The topological polar surface area (TPSA) is 53.9 Å². The van der Waals surface area contributed by atoms with Crippen LogP contribution in [0.15, 0.2) is 18.2 Å². The minimum absolute atomic E-state index is 0.334. The van der Waals surface area contributed by atoms with Gasteiger partial charge in [0.05, 0.1) is 5.56 Å². The average Bonchev–Trinajstić information content (AvgIpc) is 2.50. The zero-order valence-electron chi connectivity index (χ0n) is 12.8. The lowest BCUT2D eigenvalue weighted by atomic mass is 10.1. The molecule has 2 rings (SSSR count). The fourth-order valence-electron chi connectivity index (χ4n) is 2.06. The molecule has 1 N–H and O–H groups in total. The molecule has 0 atom stereocenters. The summed E-state index contributed by atoms with van der Waals surface area (Å²) in [6.07, 6.45) is 0. The quantitative estimate of drug-likeness (QED) is 0.917. The maximum atomic E-state index is 14.1. The van der Waals surface area contributed by atoms with Gasteiger partial charge in [0, 0.05) is 20.1 Å². The van der Waals surface area contributed by atoms with Crippen LogP contribution in [0.5, 0.6) is 0 Å². The van der Waals surface area contributed by atoms with Crippen molar-refractivity contribution in [3.63, 3.8) is 0 Å². The monoisotopic (exact) mass is 289 g/mol. The number of aromatic nitrogens is 3. The molecular weight excluding hydrogens is 269 g/mol. The van der Waals surface area contributed by atoms with E-state index in [4.69, 9.17) is 0 Å². The summed E-state index contributed by atoms with van der Waals surface area (Å²) in [5.74, 6) is 0.995. The molecule has 1 aromatic carbocycles. The summed E-state index contributed by atoms with van der Waals surface area (Å²) in [5.41, 5.74) is 1.35. The molecule has 112 valence electrons. The maximum absolute atomic E-state index is 14.1. The Labute approximate surface area is 124 Å². The zero-order chi connectivity index (χ0) is 15.4. The normalized spacial score (nSPS) is 10.5. The highest BCUT2D eigenvalue weighted by Crippen LogP contribution is 2.23. The van der Waals surface area contributed by atoms with Crippen LogP contribution in [0.25, 0.3) is 11.4 Å². The van der Waals surface area contributed by atoms with Crippen LogP contribution in [0.4, 0.5) is 16.3 Å². The van der Waals surface area contributed by atoms with Crippen LogP contribution in [0.3, 0.4) is 0 Å². The molecular formula is C15H20FN5. The van der Waals surface area contributed by atoms with Crippen molar-refractivity contribution in [3.05, 3.63) is 29.6 Å². The molecule has 0 aliphatic rings. The molecule has 6 heteroatoms. The largest absolute Gasteiger partial charge is 0.357 e. The highest BCUT2D eigenvalue weighted by molar-refractivity contribution is 5.60. The fraction of sp³-hybridized carbons (Fsp3) is 0.400. The van der Waals surface area contributed by atoms with Crippen LogP contribution in [-0.2, 0) is 0 Å². The van der Waals surface area contributed by atoms with E-state index in [0.29, 0.717) is 23.3 Å². The smallest absolute Gasteiger partial charge is 0.230 e. The molecule has 21 heavy (non-hydrogen) atoms. The van der Waals surface area contributed by atoms with E-state index >= 15 is 0 Å². The van der Waals surface area contributed by atoms with Gasteiger partial charge in [0.1, 0.15) is 5.82 Å². The number of hydrogen-bond donors (Lipinski definition) is 1. The van der Waals surface area contributed by atoms with Gasteiger partial charge in [-0.2, -0.15) is 15.0 Å². The van der Waals surface area contributed by atoms with E-state index in [1.807, 2.05) is 25.7 Å². The molecule has 2 aromatic rings. The first-order valence-corrected chi connectivity index (χ1v) is 7.04. The molecule has 0 radical (unpaired) electrons. The molecule has 0 unspecified atom stereocenters. The van der Waals surface area contributed by atoms with Crippen LogP contribution in [0.2, 0.25) is 0 Å². The Hall–Kier alpha value is -2.24. The van der Waals surface area contributed by atoms with E-state index in [1.54, 1.807) is 19.2 Å². The van der Waals surface area contributed by atoms with Crippen molar-refractivity contribution in [2.45, 2.75) is 20.8 Å². The van der Waals surface area contributed by atoms with E-state index in [0.717, 1.165) is 18.7 Å². The second kappa shape index (κ2) is 6.47. The van der Waals surface area contributed by atoms with Crippen molar-refractivity contribution in [2.75, 3.05) is 30.4 Å². The summed E-state index contributed by atoms with van der Waals surface area (Å²) in [5, 5.41) is 2.90. The van der Waals surface area contributed by atoms with Crippen molar-refractivity contribution in [1.82, 2.24) is 15.0 Å². The lowest BCUT2D eigenvalue weighted by Crippen LogP contribution is -2.25. The third-order valence-corrected chi connectivity index (χ3v) is 3.26. The SMILES string of the molecule is CCN(CC)c1nc(NC)nc(-c2cc(C)ccc2F)n1. The second-order valence-electron chi connectivity index (χ2n) is 4.69. The third kappa shape index (κ3) is 3.26. The number of rotatable bonds is 5. The molecule has 1 aromatic heterocycles. The molecule has 0 aliphatic heterocycles. The van der Waals surface area contributed by atoms with Crippen LogP contribution < -0.4 is 10.2 Å². The summed E-state index contributed by atoms with van der Waals surface area (Å²) in [4.78, 5) is 15.0. The first-order chi connectivity index (χ1) is 10.1. The minimum Gasteiger partial charge on any atom is -0.357 e. The molecule has 1 heterocycles. The van der Waals surface area contributed by atoms with E-state index in [9.17, 15) is 4.39 Å². The van der Waals surface area contributed by atoms with Crippen molar-refractivity contribution in [1.29, 1.82) is 0 Å². The number of anilines is 2.